The summed E-state index contributed by atoms with van der Waals surface area (Å²) < 4.78 is 79.7. The van der Waals surface area contributed by atoms with Gasteiger partial charge >= 0.3 is 6.18 Å². The molecule has 0 saturated carbocycles. The van der Waals surface area contributed by atoms with Crippen molar-refractivity contribution < 1.29 is 36.1 Å². The summed E-state index contributed by atoms with van der Waals surface area (Å²) >= 11 is -2.11. The summed E-state index contributed by atoms with van der Waals surface area (Å²) in [5, 5.41) is 2.37. The normalized spacial score (nSPS) is 20.3. The molecule has 0 aromatic heterocycles. The molecule has 154 valence electrons. The average Bonchev–Trinajstić information content (AvgIpc) is 3.03. The summed E-state index contributed by atoms with van der Waals surface area (Å²) in [6.45, 7) is -0.150. The van der Waals surface area contributed by atoms with Crippen molar-refractivity contribution in [1.29, 1.82) is 0 Å². The van der Waals surface area contributed by atoms with Gasteiger partial charge in [-0.15, -0.1) is 0 Å². The molecule has 2 unspecified atom stereocenters. The molecule has 1 fully saturated rings. The van der Waals surface area contributed by atoms with Crippen LogP contribution in [0, 0.1) is 17.6 Å². The second-order valence-electron chi connectivity index (χ2n) is 6.26. The average molecular weight is 432 g/mol. The Balaban J connectivity index is 1.83. The second-order valence-corrected chi connectivity index (χ2v) is 7.47. The van der Waals surface area contributed by atoms with Gasteiger partial charge in [0.05, 0.1) is 5.56 Å². The van der Waals surface area contributed by atoms with Gasteiger partial charge in [-0.3, -0.25) is 9.59 Å². The molecule has 1 aliphatic rings. The molecule has 5 nitrogen and oxygen atoms in total. The molecule has 3 atom stereocenters. The molecule has 2 N–H and O–H groups in total. The van der Waals surface area contributed by atoms with Crippen molar-refractivity contribution in [2.45, 2.75) is 17.0 Å². The molecule has 1 aliphatic heterocycles. The fourth-order valence-electron chi connectivity index (χ4n) is 3.00. The van der Waals surface area contributed by atoms with E-state index in [1.807, 2.05) is 0 Å². The lowest BCUT2D eigenvalue weighted by Crippen LogP contribution is -2.40. The van der Waals surface area contributed by atoms with Gasteiger partial charge in [-0.1, -0.05) is 6.07 Å². The van der Waals surface area contributed by atoms with Crippen molar-refractivity contribution in [2.24, 2.45) is 5.92 Å². The van der Waals surface area contributed by atoms with Crippen LogP contribution in [0.4, 0.5) is 22.0 Å². The zero-order valence-electron chi connectivity index (χ0n) is 14.4. The van der Waals surface area contributed by atoms with Gasteiger partial charge in [0, 0.05) is 12.5 Å². The van der Waals surface area contributed by atoms with Crippen LogP contribution in [0.2, 0.25) is 0 Å². The van der Waals surface area contributed by atoms with E-state index in [1.165, 1.54) is 12.1 Å². The first-order chi connectivity index (χ1) is 13.6. The summed E-state index contributed by atoms with van der Waals surface area (Å²) in [5.41, 5.74) is -1.58. The van der Waals surface area contributed by atoms with Gasteiger partial charge in [0.2, 0.25) is 5.91 Å². The SMILES string of the molecule is O=C1NC[C@H](c2ccc(F)c(C(F)(F)F)c2)C1C(=O)N[S+]([O-])c1ccc(F)cc1. The van der Waals surface area contributed by atoms with E-state index >= 15 is 0 Å². The number of alkyl halides is 3. The van der Waals surface area contributed by atoms with E-state index in [1.54, 1.807) is 0 Å². The number of hydrogen-bond acceptors (Lipinski definition) is 3. The lowest BCUT2D eigenvalue weighted by Gasteiger charge is -2.19. The Bertz CT molecular complexity index is 936. The highest BCUT2D eigenvalue weighted by atomic mass is 32.2. The molecule has 1 heterocycles. The van der Waals surface area contributed by atoms with Crippen LogP contribution in [-0.4, -0.2) is 22.9 Å². The minimum Gasteiger partial charge on any atom is -0.588 e. The number of halogens is 5. The van der Waals surface area contributed by atoms with Crippen molar-refractivity contribution in [3.05, 3.63) is 65.2 Å². The van der Waals surface area contributed by atoms with Gasteiger partial charge in [0.15, 0.2) is 4.90 Å². The molecule has 29 heavy (non-hydrogen) atoms. The smallest absolute Gasteiger partial charge is 0.419 e. The number of benzene rings is 2. The zero-order chi connectivity index (χ0) is 21.3. The molecule has 0 aliphatic carbocycles. The predicted octanol–water partition coefficient (Wildman–Crippen LogP) is 2.65. The van der Waals surface area contributed by atoms with Crippen LogP contribution in [0.1, 0.15) is 17.0 Å². The molecule has 0 spiro atoms. The van der Waals surface area contributed by atoms with E-state index in [-0.39, 0.29) is 17.0 Å². The molecule has 0 bridgehead atoms. The van der Waals surface area contributed by atoms with Crippen molar-refractivity contribution >= 4 is 23.2 Å². The number of rotatable bonds is 4. The van der Waals surface area contributed by atoms with Gasteiger partial charge in [0.1, 0.15) is 28.9 Å². The van der Waals surface area contributed by atoms with E-state index in [9.17, 15) is 36.1 Å². The number of amides is 2. The summed E-state index contributed by atoms with van der Waals surface area (Å²) in [5.74, 6) is -6.28. The Kier molecular flexibility index (Phi) is 5.80. The second kappa shape index (κ2) is 7.99. The van der Waals surface area contributed by atoms with Crippen molar-refractivity contribution in [2.75, 3.05) is 6.54 Å². The lowest BCUT2D eigenvalue weighted by atomic mass is 9.87. The Labute approximate surface area is 164 Å². The van der Waals surface area contributed by atoms with Gasteiger partial charge in [0.25, 0.3) is 5.91 Å². The zero-order valence-corrected chi connectivity index (χ0v) is 15.2. The highest BCUT2D eigenvalue weighted by Gasteiger charge is 2.44. The topological polar surface area (TPSA) is 81.3 Å². The van der Waals surface area contributed by atoms with E-state index < -0.39 is 58.4 Å². The first kappa shape index (κ1) is 21.1. The molecule has 3 rings (SSSR count). The van der Waals surface area contributed by atoms with Crippen LogP contribution >= 0.6 is 0 Å². The number of carbonyl (C=O) groups is 2. The third kappa shape index (κ3) is 4.51. The quantitative estimate of drug-likeness (QED) is 0.443. The van der Waals surface area contributed by atoms with Gasteiger partial charge in [-0.25, -0.2) is 8.78 Å². The largest absolute Gasteiger partial charge is 0.588 e. The molecular weight excluding hydrogens is 419 g/mol. The minimum absolute atomic E-state index is 0.0650. The third-order valence-electron chi connectivity index (χ3n) is 4.41. The number of hydrogen-bond donors (Lipinski definition) is 2. The monoisotopic (exact) mass is 432 g/mol. The van der Waals surface area contributed by atoms with E-state index in [4.69, 9.17) is 0 Å². The highest BCUT2D eigenvalue weighted by Crippen LogP contribution is 2.36. The van der Waals surface area contributed by atoms with Crippen LogP contribution in [0.5, 0.6) is 0 Å². The Morgan fingerprint density at radius 3 is 2.41 bits per heavy atom. The molecule has 1 saturated heterocycles. The maximum atomic E-state index is 13.5. The van der Waals surface area contributed by atoms with Crippen LogP contribution in [0.25, 0.3) is 0 Å². The Morgan fingerprint density at radius 2 is 1.79 bits per heavy atom. The lowest BCUT2D eigenvalue weighted by molar-refractivity contribution is -0.140. The van der Waals surface area contributed by atoms with Gasteiger partial charge < -0.3 is 9.87 Å². The fourth-order valence-corrected chi connectivity index (χ4v) is 3.81. The van der Waals surface area contributed by atoms with E-state index in [0.29, 0.717) is 12.1 Å². The van der Waals surface area contributed by atoms with Gasteiger partial charge in [-0.05, 0) is 42.0 Å². The standard InChI is InChI=1S/C18H13F5N2O3S/c19-10-2-4-11(5-3-10)29(28)25-17(27)15-12(8-24-16(15)26)9-1-6-14(20)13(7-9)18(21,22)23/h1-7,12,15H,8H2,(H,24,26)(H,25,27)/t12-,15?,29?/m1/s1. The summed E-state index contributed by atoms with van der Waals surface area (Å²) in [4.78, 5) is 24.7. The van der Waals surface area contributed by atoms with E-state index in [0.717, 1.165) is 18.2 Å². The van der Waals surface area contributed by atoms with Crippen molar-refractivity contribution in [1.82, 2.24) is 10.0 Å². The van der Waals surface area contributed by atoms with E-state index in [2.05, 4.69) is 10.0 Å². The number of carbonyl (C=O) groups excluding carboxylic acids is 2. The van der Waals surface area contributed by atoms with Crippen molar-refractivity contribution in [3.63, 3.8) is 0 Å². The molecule has 11 heteroatoms. The third-order valence-corrected chi connectivity index (χ3v) is 5.50. The minimum atomic E-state index is -4.95. The van der Waals surface area contributed by atoms with Crippen molar-refractivity contribution in [3.8, 4) is 0 Å². The summed E-state index contributed by atoms with van der Waals surface area (Å²) in [7, 11) is 0. The predicted molar refractivity (Wildman–Crippen MR) is 91.6 cm³/mol. The summed E-state index contributed by atoms with van der Waals surface area (Å²) in [6, 6.07) is 6.64. The fraction of sp³-hybridized carbons (Fsp3) is 0.222. The maximum Gasteiger partial charge on any atom is 0.419 e. The first-order valence-corrected chi connectivity index (χ1v) is 9.35. The maximum absolute atomic E-state index is 13.5. The first-order valence-electron chi connectivity index (χ1n) is 8.20. The van der Waals surface area contributed by atoms with Gasteiger partial charge in [-0.2, -0.15) is 17.9 Å². The molecular formula is C18H13F5N2O3S. The van der Waals surface area contributed by atoms with Crippen LogP contribution in [0.3, 0.4) is 0 Å². The molecule has 0 radical (unpaired) electrons. The summed E-state index contributed by atoms with van der Waals surface area (Å²) in [6.07, 6.45) is -4.95. The number of nitrogens with one attached hydrogen (secondary N) is 2. The van der Waals surface area contributed by atoms with Crippen LogP contribution < -0.4 is 10.0 Å². The molecule has 2 aromatic rings. The molecule has 2 aromatic carbocycles. The van der Waals surface area contributed by atoms with Crippen LogP contribution in [-0.2, 0) is 27.1 Å². The Morgan fingerprint density at radius 1 is 1.14 bits per heavy atom. The van der Waals surface area contributed by atoms with Crippen LogP contribution in [0.15, 0.2) is 47.4 Å². The Hall–Kier alpha value is -2.66. The highest BCUT2D eigenvalue weighted by molar-refractivity contribution is 7.90. The molecule has 2 amide bonds.